The molecule has 0 bridgehead atoms. The number of carbonyl (C=O) groups excluding carboxylic acids is 1. The fraction of sp³-hybridized carbons (Fsp3) is 0.462. The molecular weight excluding hydrogens is 256 g/mol. The molecule has 1 aliphatic heterocycles. The van der Waals surface area contributed by atoms with E-state index in [-0.39, 0.29) is 5.41 Å². The molecule has 1 aliphatic rings. The van der Waals surface area contributed by atoms with Crippen LogP contribution in [0.25, 0.3) is 0 Å². The topological polar surface area (TPSA) is 44.8 Å². The van der Waals surface area contributed by atoms with Crippen LogP contribution in [0.1, 0.15) is 17.3 Å². The minimum atomic E-state index is -0.406. The van der Waals surface area contributed by atoms with Crippen LogP contribution in [0.15, 0.2) is 18.2 Å². The van der Waals surface area contributed by atoms with Gasteiger partial charge < -0.3 is 14.2 Å². The summed E-state index contributed by atoms with van der Waals surface area (Å²) in [5.41, 5.74) is 0.320. The van der Waals surface area contributed by atoms with Gasteiger partial charge in [-0.15, -0.1) is 0 Å². The molecule has 0 aliphatic carbocycles. The van der Waals surface area contributed by atoms with Crippen molar-refractivity contribution in [2.24, 2.45) is 5.41 Å². The van der Waals surface area contributed by atoms with E-state index in [2.05, 4.69) is 0 Å². The second kappa shape index (κ2) is 5.16. The lowest BCUT2D eigenvalue weighted by molar-refractivity contribution is -0.127. The first kappa shape index (κ1) is 13.2. The fourth-order valence-corrected chi connectivity index (χ4v) is 1.85. The summed E-state index contributed by atoms with van der Waals surface area (Å²) in [6.07, 6.45) is 0. The molecule has 98 valence electrons. The zero-order chi connectivity index (χ0) is 13.2. The number of halogens is 1. The molecule has 1 fully saturated rings. The maximum atomic E-state index is 11.9. The van der Waals surface area contributed by atoms with Crippen molar-refractivity contribution in [3.8, 4) is 5.75 Å². The molecule has 1 saturated heterocycles. The number of esters is 1. The maximum Gasteiger partial charge on any atom is 0.341 e. The fourth-order valence-electron chi connectivity index (χ4n) is 1.69. The average molecular weight is 271 g/mol. The van der Waals surface area contributed by atoms with Crippen LogP contribution in [0.4, 0.5) is 0 Å². The highest BCUT2D eigenvalue weighted by molar-refractivity contribution is 6.30. The van der Waals surface area contributed by atoms with E-state index in [1.165, 1.54) is 7.11 Å². The van der Waals surface area contributed by atoms with Gasteiger partial charge in [-0.3, -0.25) is 0 Å². The molecular formula is C13H15ClO4. The quantitative estimate of drug-likeness (QED) is 0.789. The third kappa shape index (κ3) is 2.76. The van der Waals surface area contributed by atoms with Crippen LogP contribution in [-0.2, 0) is 9.47 Å². The van der Waals surface area contributed by atoms with Gasteiger partial charge in [0.2, 0.25) is 0 Å². The summed E-state index contributed by atoms with van der Waals surface area (Å²) in [5, 5.41) is 0.516. The number of methoxy groups -OCH3 is 1. The molecule has 0 radical (unpaired) electrons. The van der Waals surface area contributed by atoms with Crippen LogP contribution < -0.4 is 4.74 Å². The molecule has 5 heteroatoms. The Balaban J connectivity index is 2.04. The third-order valence-electron chi connectivity index (χ3n) is 2.84. The predicted octanol–water partition coefficient (Wildman–Crippen LogP) is 2.54. The van der Waals surface area contributed by atoms with Gasteiger partial charge in [-0.25, -0.2) is 4.79 Å². The van der Waals surface area contributed by atoms with Crippen molar-refractivity contribution >= 4 is 17.6 Å². The summed E-state index contributed by atoms with van der Waals surface area (Å²) in [5.74, 6) is 0.0131. The van der Waals surface area contributed by atoms with E-state index in [1.54, 1.807) is 18.2 Å². The van der Waals surface area contributed by atoms with Gasteiger partial charge in [0, 0.05) is 10.4 Å². The molecule has 4 nitrogen and oxygen atoms in total. The number of ether oxygens (including phenoxy) is 3. The minimum absolute atomic E-state index is 0.0602. The van der Waals surface area contributed by atoms with E-state index in [0.717, 1.165) is 0 Å². The summed E-state index contributed by atoms with van der Waals surface area (Å²) >= 11 is 5.83. The second-order valence-corrected chi connectivity index (χ2v) is 5.16. The van der Waals surface area contributed by atoms with E-state index in [0.29, 0.717) is 36.2 Å². The molecule has 0 atom stereocenters. The van der Waals surface area contributed by atoms with Crippen LogP contribution in [0, 0.1) is 5.41 Å². The van der Waals surface area contributed by atoms with E-state index in [1.807, 2.05) is 6.92 Å². The van der Waals surface area contributed by atoms with Crippen molar-refractivity contribution in [1.82, 2.24) is 0 Å². The first-order chi connectivity index (χ1) is 8.54. The number of benzene rings is 1. The highest BCUT2D eigenvalue weighted by Gasteiger charge is 2.35. The first-order valence-corrected chi connectivity index (χ1v) is 6.00. The zero-order valence-electron chi connectivity index (χ0n) is 10.4. The van der Waals surface area contributed by atoms with Crippen LogP contribution >= 0.6 is 11.6 Å². The minimum Gasteiger partial charge on any atom is -0.496 e. The molecule has 0 unspecified atom stereocenters. The lowest BCUT2D eigenvalue weighted by Gasteiger charge is -2.37. The molecule has 0 amide bonds. The second-order valence-electron chi connectivity index (χ2n) is 4.72. The van der Waals surface area contributed by atoms with Crippen molar-refractivity contribution < 1.29 is 19.0 Å². The molecule has 0 saturated carbocycles. The monoisotopic (exact) mass is 270 g/mol. The lowest BCUT2D eigenvalue weighted by Crippen LogP contribution is -2.44. The standard InChI is InChI=1S/C13H15ClO4/c1-13(6-17-7-13)8-18-12(15)10-4-3-9(14)5-11(10)16-2/h3-5H,6-8H2,1-2H3. The molecule has 0 spiro atoms. The Kier molecular flexibility index (Phi) is 3.78. The van der Waals surface area contributed by atoms with Crippen LogP contribution in [0.2, 0.25) is 5.02 Å². The Morgan fingerprint density at radius 2 is 2.22 bits per heavy atom. The molecule has 0 N–H and O–H groups in total. The van der Waals surface area contributed by atoms with Crippen LogP contribution in [-0.4, -0.2) is 32.9 Å². The Morgan fingerprint density at radius 1 is 1.50 bits per heavy atom. The van der Waals surface area contributed by atoms with E-state index < -0.39 is 5.97 Å². The normalized spacial score (nSPS) is 16.8. The lowest BCUT2D eigenvalue weighted by atomic mass is 9.90. The molecule has 18 heavy (non-hydrogen) atoms. The third-order valence-corrected chi connectivity index (χ3v) is 3.07. The highest BCUT2D eigenvalue weighted by atomic mass is 35.5. The summed E-state index contributed by atoms with van der Waals surface area (Å²) in [6.45, 7) is 3.61. The first-order valence-electron chi connectivity index (χ1n) is 5.62. The number of carbonyl (C=O) groups is 1. The number of hydrogen-bond acceptors (Lipinski definition) is 4. The highest BCUT2D eigenvalue weighted by Crippen LogP contribution is 2.28. The summed E-state index contributed by atoms with van der Waals surface area (Å²) in [4.78, 5) is 11.9. The molecule has 1 aromatic carbocycles. The maximum absolute atomic E-state index is 11.9. The smallest absolute Gasteiger partial charge is 0.341 e. The molecule has 1 heterocycles. The number of rotatable bonds is 4. The van der Waals surface area contributed by atoms with Crippen LogP contribution in [0.5, 0.6) is 5.75 Å². The Labute approximate surface area is 111 Å². The van der Waals surface area contributed by atoms with Gasteiger partial charge in [0.25, 0.3) is 0 Å². The van der Waals surface area contributed by atoms with Gasteiger partial charge in [-0.1, -0.05) is 18.5 Å². The Morgan fingerprint density at radius 3 is 2.78 bits per heavy atom. The predicted molar refractivity (Wildman–Crippen MR) is 67.2 cm³/mol. The van der Waals surface area contributed by atoms with Gasteiger partial charge in [-0.2, -0.15) is 0 Å². The van der Waals surface area contributed by atoms with Gasteiger partial charge in [-0.05, 0) is 18.2 Å². The van der Waals surface area contributed by atoms with Gasteiger partial charge in [0.1, 0.15) is 17.9 Å². The zero-order valence-corrected chi connectivity index (χ0v) is 11.1. The van der Waals surface area contributed by atoms with E-state index >= 15 is 0 Å². The average Bonchev–Trinajstić information content (AvgIpc) is 2.33. The van der Waals surface area contributed by atoms with Crippen molar-refractivity contribution in [1.29, 1.82) is 0 Å². The van der Waals surface area contributed by atoms with Gasteiger partial charge >= 0.3 is 5.97 Å². The Bertz CT molecular complexity index is 454. The van der Waals surface area contributed by atoms with Crippen molar-refractivity contribution in [2.45, 2.75) is 6.92 Å². The number of hydrogen-bond donors (Lipinski definition) is 0. The van der Waals surface area contributed by atoms with E-state index in [9.17, 15) is 4.79 Å². The van der Waals surface area contributed by atoms with Crippen molar-refractivity contribution in [3.63, 3.8) is 0 Å². The molecule has 1 aromatic rings. The largest absolute Gasteiger partial charge is 0.496 e. The van der Waals surface area contributed by atoms with Gasteiger partial charge in [0.15, 0.2) is 0 Å². The molecule has 0 aromatic heterocycles. The van der Waals surface area contributed by atoms with Crippen molar-refractivity contribution in [3.05, 3.63) is 28.8 Å². The Hall–Kier alpha value is -1.26. The summed E-state index contributed by atoms with van der Waals surface area (Å²) in [6, 6.07) is 4.82. The van der Waals surface area contributed by atoms with Gasteiger partial charge in [0.05, 0.1) is 20.3 Å². The van der Waals surface area contributed by atoms with Crippen molar-refractivity contribution in [2.75, 3.05) is 26.9 Å². The van der Waals surface area contributed by atoms with Crippen LogP contribution in [0.3, 0.4) is 0 Å². The van der Waals surface area contributed by atoms with E-state index in [4.69, 9.17) is 25.8 Å². The summed E-state index contributed by atoms with van der Waals surface area (Å²) < 4.78 is 15.5. The summed E-state index contributed by atoms with van der Waals surface area (Å²) in [7, 11) is 1.49. The SMILES string of the molecule is COc1cc(Cl)ccc1C(=O)OCC1(C)COC1. The molecule has 2 rings (SSSR count).